The molecule has 1 heteroatoms. The number of benzene rings is 3. The van der Waals surface area contributed by atoms with Gasteiger partial charge in [0.1, 0.15) is 0 Å². The Kier molecular flexibility index (Phi) is 8.56. The summed E-state index contributed by atoms with van der Waals surface area (Å²) in [5.41, 5.74) is 10.9. The highest BCUT2D eigenvalue weighted by Gasteiger charge is 2.18. The number of nitrogens with zero attached hydrogens (tertiary/aromatic N) is 1. The molecule has 6 rings (SSSR count). The lowest BCUT2D eigenvalue weighted by Gasteiger charge is -2.23. The number of hydrogen-bond donors (Lipinski definition) is 0. The van der Waals surface area contributed by atoms with Crippen LogP contribution in [-0.2, 0) is 19.3 Å². The van der Waals surface area contributed by atoms with Crippen molar-refractivity contribution in [3.8, 4) is 11.1 Å². The first-order chi connectivity index (χ1) is 19.6. The zero-order valence-electron chi connectivity index (χ0n) is 25.3. The average Bonchev–Trinajstić information content (AvgIpc) is 2.99. The Morgan fingerprint density at radius 1 is 0.625 bits per heavy atom. The molecule has 1 heterocycles. The van der Waals surface area contributed by atoms with Crippen LogP contribution in [0.25, 0.3) is 32.8 Å². The molecule has 0 spiro atoms. The third-order valence-corrected chi connectivity index (χ3v) is 10.2. The maximum Gasteiger partial charge on any atom is 0.0708 e. The van der Waals surface area contributed by atoms with E-state index in [1.54, 1.807) is 11.1 Å². The second-order valence-electron chi connectivity index (χ2n) is 13.3. The SMILES string of the molecule is CCc1cc(C)c2cc(-c3cc(CCC4CCCCC4)c4cc(C)cc(CCC5CCCCC5)c4c3)ccc2n1. The van der Waals surface area contributed by atoms with Gasteiger partial charge in [0.05, 0.1) is 5.52 Å². The molecule has 0 atom stereocenters. The van der Waals surface area contributed by atoms with Crippen LogP contribution < -0.4 is 0 Å². The zero-order chi connectivity index (χ0) is 27.5. The highest BCUT2D eigenvalue weighted by atomic mass is 14.7. The molecule has 0 radical (unpaired) electrons. The molecular weight excluding hydrogens is 482 g/mol. The summed E-state index contributed by atoms with van der Waals surface area (Å²) in [6, 6.07) is 19.3. The van der Waals surface area contributed by atoms with Crippen LogP contribution in [0.15, 0.2) is 48.5 Å². The second-order valence-corrected chi connectivity index (χ2v) is 13.3. The van der Waals surface area contributed by atoms with Gasteiger partial charge in [-0.25, -0.2) is 0 Å². The van der Waals surface area contributed by atoms with Gasteiger partial charge in [0.2, 0.25) is 0 Å². The summed E-state index contributed by atoms with van der Waals surface area (Å²) in [6.07, 6.45) is 20.4. The van der Waals surface area contributed by atoms with Gasteiger partial charge in [0.15, 0.2) is 0 Å². The Morgan fingerprint density at radius 3 is 1.88 bits per heavy atom. The molecule has 0 unspecified atom stereocenters. The van der Waals surface area contributed by atoms with Crippen molar-refractivity contribution < 1.29 is 0 Å². The third-order valence-electron chi connectivity index (χ3n) is 10.2. The fourth-order valence-corrected chi connectivity index (χ4v) is 7.85. The number of hydrogen-bond acceptors (Lipinski definition) is 1. The topological polar surface area (TPSA) is 12.9 Å². The molecule has 1 aromatic heterocycles. The van der Waals surface area contributed by atoms with E-state index < -0.39 is 0 Å². The summed E-state index contributed by atoms with van der Waals surface area (Å²) in [5.74, 6) is 1.83. The molecule has 3 aromatic carbocycles. The van der Waals surface area contributed by atoms with Crippen LogP contribution in [-0.4, -0.2) is 4.98 Å². The van der Waals surface area contributed by atoms with E-state index in [-0.39, 0.29) is 0 Å². The van der Waals surface area contributed by atoms with Gasteiger partial charge in [-0.2, -0.15) is 0 Å². The first-order valence-electron chi connectivity index (χ1n) is 16.5. The zero-order valence-corrected chi connectivity index (χ0v) is 25.3. The van der Waals surface area contributed by atoms with Crippen LogP contribution in [0.4, 0.5) is 0 Å². The molecule has 0 saturated heterocycles. The van der Waals surface area contributed by atoms with Crippen LogP contribution in [0.5, 0.6) is 0 Å². The molecule has 40 heavy (non-hydrogen) atoms. The maximum absolute atomic E-state index is 4.93. The molecule has 2 aliphatic rings. The Labute approximate surface area is 242 Å². The summed E-state index contributed by atoms with van der Waals surface area (Å²) < 4.78 is 0. The van der Waals surface area contributed by atoms with Crippen molar-refractivity contribution in [1.82, 2.24) is 4.98 Å². The van der Waals surface area contributed by atoms with Crippen molar-refractivity contribution in [1.29, 1.82) is 0 Å². The van der Waals surface area contributed by atoms with Crippen molar-refractivity contribution in [3.63, 3.8) is 0 Å². The Bertz CT molecular complexity index is 1470. The van der Waals surface area contributed by atoms with Crippen LogP contribution in [0.3, 0.4) is 0 Å². The van der Waals surface area contributed by atoms with Gasteiger partial charge in [0.25, 0.3) is 0 Å². The normalized spacial score (nSPS) is 17.2. The minimum absolute atomic E-state index is 0.908. The fraction of sp³-hybridized carbons (Fsp3) is 0.513. The van der Waals surface area contributed by atoms with E-state index in [9.17, 15) is 0 Å². The number of rotatable bonds is 8. The highest BCUT2D eigenvalue weighted by molar-refractivity contribution is 5.95. The van der Waals surface area contributed by atoms with E-state index in [4.69, 9.17) is 4.98 Å². The first kappa shape index (κ1) is 27.5. The molecule has 1 nitrogen and oxygen atoms in total. The van der Waals surface area contributed by atoms with E-state index in [0.717, 1.165) is 23.8 Å². The van der Waals surface area contributed by atoms with Crippen LogP contribution in [0.2, 0.25) is 0 Å². The molecule has 0 amide bonds. The van der Waals surface area contributed by atoms with Gasteiger partial charge in [-0.3, -0.25) is 4.98 Å². The highest BCUT2D eigenvalue weighted by Crippen LogP contribution is 2.36. The fourth-order valence-electron chi connectivity index (χ4n) is 7.85. The van der Waals surface area contributed by atoms with Crippen molar-refractivity contribution in [2.24, 2.45) is 11.8 Å². The van der Waals surface area contributed by atoms with Gasteiger partial charge in [0, 0.05) is 11.1 Å². The van der Waals surface area contributed by atoms with E-state index in [1.165, 1.54) is 134 Å². The lowest BCUT2D eigenvalue weighted by molar-refractivity contribution is 0.339. The average molecular weight is 532 g/mol. The first-order valence-corrected chi connectivity index (χ1v) is 16.5. The molecule has 210 valence electrons. The summed E-state index contributed by atoms with van der Waals surface area (Å²) in [5, 5.41) is 4.32. The second kappa shape index (κ2) is 12.5. The van der Waals surface area contributed by atoms with E-state index in [2.05, 4.69) is 69.3 Å². The number of pyridine rings is 1. The monoisotopic (exact) mass is 531 g/mol. The lowest BCUT2D eigenvalue weighted by Crippen LogP contribution is -2.08. The molecule has 2 aliphatic carbocycles. The van der Waals surface area contributed by atoms with E-state index >= 15 is 0 Å². The number of fused-ring (bicyclic) bond motifs is 2. The number of aromatic nitrogens is 1. The van der Waals surface area contributed by atoms with Crippen molar-refractivity contribution in [2.45, 2.75) is 117 Å². The smallest absolute Gasteiger partial charge is 0.0708 e. The van der Waals surface area contributed by atoms with E-state index in [1.807, 2.05) is 0 Å². The summed E-state index contributed by atoms with van der Waals surface area (Å²) in [6.45, 7) is 6.75. The third kappa shape index (κ3) is 6.14. The lowest BCUT2D eigenvalue weighted by atomic mass is 9.82. The summed E-state index contributed by atoms with van der Waals surface area (Å²) >= 11 is 0. The summed E-state index contributed by atoms with van der Waals surface area (Å²) in [7, 11) is 0. The predicted octanol–water partition coefficient (Wildman–Crippen LogP) is 11.3. The number of aryl methyl sites for hydroxylation is 5. The minimum Gasteiger partial charge on any atom is -0.253 e. The molecule has 0 N–H and O–H groups in total. The molecule has 0 bridgehead atoms. The Balaban J connectivity index is 1.41. The van der Waals surface area contributed by atoms with Crippen LogP contribution in [0.1, 0.15) is 112 Å². The van der Waals surface area contributed by atoms with Crippen LogP contribution in [0, 0.1) is 25.7 Å². The quantitative estimate of drug-likeness (QED) is 0.220. The van der Waals surface area contributed by atoms with E-state index in [0.29, 0.717) is 0 Å². The van der Waals surface area contributed by atoms with Gasteiger partial charge in [-0.1, -0.05) is 101 Å². The van der Waals surface area contributed by atoms with Gasteiger partial charge in [-0.15, -0.1) is 0 Å². The molecule has 0 aliphatic heterocycles. The van der Waals surface area contributed by atoms with Crippen LogP contribution >= 0.6 is 0 Å². The Hall–Kier alpha value is -2.67. The molecule has 2 fully saturated rings. The van der Waals surface area contributed by atoms with Crippen molar-refractivity contribution in [3.05, 3.63) is 76.5 Å². The Morgan fingerprint density at radius 2 is 1.23 bits per heavy atom. The molecule has 2 saturated carbocycles. The van der Waals surface area contributed by atoms with Crippen molar-refractivity contribution in [2.75, 3.05) is 0 Å². The largest absolute Gasteiger partial charge is 0.253 e. The molecular formula is C39H49N. The van der Waals surface area contributed by atoms with Gasteiger partial charge >= 0.3 is 0 Å². The summed E-state index contributed by atoms with van der Waals surface area (Å²) in [4.78, 5) is 4.93. The maximum atomic E-state index is 4.93. The van der Waals surface area contributed by atoms with Crippen molar-refractivity contribution >= 4 is 21.7 Å². The molecule has 4 aromatic rings. The van der Waals surface area contributed by atoms with Gasteiger partial charge in [-0.05, 0) is 121 Å². The van der Waals surface area contributed by atoms with Gasteiger partial charge < -0.3 is 0 Å². The minimum atomic E-state index is 0.908. The standard InChI is InChI=1S/C39H49N/c1-4-35-23-28(3)36-25-31(19-20-39(36)40-35)34-24-33(18-16-30-13-9-6-10-14-30)37-22-27(2)21-32(38(37)26-34)17-15-29-11-7-5-8-12-29/h19-26,29-30H,4-18H2,1-3H3. The predicted molar refractivity (Wildman–Crippen MR) is 173 cm³/mol.